The number of aromatic nitrogens is 2. The SMILES string of the molecule is O=C(CSCc1ccc(Cl)cc1)NCCc1cn2ccccc2n1. The van der Waals surface area contributed by atoms with Gasteiger partial charge in [0.2, 0.25) is 5.91 Å². The van der Waals surface area contributed by atoms with Crippen LogP contribution in [-0.4, -0.2) is 27.6 Å². The molecule has 0 spiro atoms. The summed E-state index contributed by atoms with van der Waals surface area (Å²) in [5.41, 5.74) is 3.08. The second-order valence-electron chi connectivity index (χ2n) is 5.42. The first-order valence-corrected chi connectivity index (χ1v) is 9.25. The number of fused-ring (bicyclic) bond motifs is 1. The lowest BCUT2D eigenvalue weighted by atomic mass is 10.2. The van der Waals surface area contributed by atoms with Gasteiger partial charge < -0.3 is 9.72 Å². The van der Waals surface area contributed by atoms with Crippen molar-refractivity contribution in [2.45, 2.75) is 12.2 Å². The van der Waals surface area contributed by atoms with E-state index in [1.807, 2.05) is 59.3 Å². The summed E-state index contributed by atoms with van der Waals surface area (Å²) < 4.78 is 1.99. The largest absolute Gasteiger partial charge is 0.355 e. The summed E-state index contributed by atoms with van der Waals surface area (Å²) >= 11 is 7.45. The molecule has 1 N–H and O–H groups in total. The molecule has 0 fully saturated rings. The van der Waals surface area contributed by atoms with Gasteiger partial charge in [0, 0.05) is 36.1 Å². The maximum Gasteiger partial charge on any atom is 0.230 e. The number of nitrogens with one attached hydrogen (secondary N) is 1. The predicted molar refractivity (Wildman–Crippen MR) is 99.5 cm³/mol. The van der Waals surface area contributed by atoms with Crippen molar-refractivity contribution in [1.82, 2.24) is 14.7 Å². The van der Waals surface area contributed by atoms with Crippen molar-refractivity contribution in [3.8, 4) is 0 Å². The van der Waals surface area contributed by atoms with E-state index in [4.69, 9.17) is 11.6 Å². The number of hydrogen-bond donors (Lipinski definition) is 1. The molecule has 0 saturated heterocycles. The Morgan fingerprint density at radius 1 is 1.21 bits per heavy atom. The van der Waals surface area contributed by atoms with Crippen molar-refractivity contribution in [1.29, 1.82) is 0 Å². The number of rotatable bonds is 7. The molecule has 124 valence electrons. The second kappa shape index (κ2) is 8.22. The fourth-order valence-corrected chi connectivity index (χ4v) is 3.27. The van der Waals surface area contributed by atoms with E-state index in [0.29, 0.717) is 12.3 Å². The van der Waals surface area contributed by atoms with Gasteiger partial charge in [0.1, 0.15) is 5.65 Å². The Balaban J connectivity index is 1.37. The smallest absolute Gasteiger partial charge is 0.230 e. The molecule has 0 radical (unpaired) electrons. The summed E-state index contributed by atoms with van der Waals surface area (Å²) in [6.07, 6.45) is 4.70. The fraction of sp³-hybridized carbons (Fsp3) is 0.222. The number of thioether (sulfide) groups is 1. The van der Waals surface area contributed by atoms with Crippen LogP contribution in [0.4, 0.5) is 0 Å². The van der Waals surface area contributed by atoms with Crippen molar-refractivity contribution < 1.29 is 4.79 Å². The Kier molecular flexibility index (Phi) is 5.77. The molecule has 0 bridgehead atoms. The highest BCUT2D eigenvalue weighted by Crippen LogP contribution is 2.15. The minimum absolute atomic E-state index is 0.0535. The van der Waals surface area contributed by atoms with E-state index < -0.39 is 0 Å². The maximum atomic E-state index is 11.9. The van der Waals surface area contributed by atoms with E-state index in [1.54, 1.807) is 11.8 Å². The van der Waals surface area contributed by atoms with Gasteiger partial charge in [0.05, 0.1) is 11.4 Å². The van der Waals surface area contributed by atoms with Crippen LogP contribution >= 0.6 is 23.4 Å². The first-order chi connectivity index (χ1) is 11.7. The van der Waals surface area contributed by atoms with Crippen molar-refractivity contribution >= 4 is 34.9 Å². The summed E-state index contributed by atoms with van der Waals surface area (Å²) in [6.45, 7) is 0.601. The van der Waals surface area contributed by atoms with Gasteiger partial charge in [-0.1, -0.05) is 29.8 Å². The molecule has 0 unspecified atom stereocenters. The van der Waals surface area contributed by atoms with Crippen molar-refractivity contribution in [2.75, 3.05) is 12.3 Å². The van der Waals surface area contributed by atoms with Gasteiger partial charge in [-0.05, 0) is 29.8 Å². The summed E-state index contributed by atoms with van der Waals surface area (Å²) in [4.78, 5) is 16.4. The molecule has 3 rings (SSSR count). The van der Waals surface area contributed by atoms with Gasteiger partial charge in [-0.15, -0.1) is 11.8 Å². The van der Waals surface area contributed by atoms with Gasteiger partial charge in [0.15, 0.2) is 0 Å². The van der Waals surface area contributed by atoms with Crippen LogP contribution in [0.25, 0.3) is 5.65 Å². The molecule has 2 heterocycles. The highest BCUT2D eigenvalue weighted by molar-refractivity contribution is 7.99. The Bertz CT molecular complexity index is 784. The molecule has 0 aliphatic carbocycles. The standard InChI is InChI=1S/C18H18ClN3OS/c19-15-6-4-14(5-7-15)12-24-13-18(23)20-9-8-16-11-22-10-2-1-3-17(22)21-16/h1-7,10-11H,8-9,12-13H2,(H,20,23). The van der Waals surface area contributed by atoms with Gasteiger partial charge in [-0.3, -0.25) is 4.79 Å². The van der Waals surface area contributed by atoms with E-state index in [9.17, 15) is 4.79 Å². The van der Waals surface area contributed by atoms with E-state index >= 15 is 0 Å². The number of nitrogens with zero attached hydrogens (tertiary/aromatic N) is 2. The summed E-state index contributed by atoms with van der Waals surface area (Å²) in [7, 11) is 0. The highest BCUT2D eigenvalue weighted by Gasteiger charge is 2.04. The molecule has 1 amide bonds. The lowest BCUT2D eigenvalue weighted by Gasteiger charge is -2.04. The summed E-state index contributed by atoms with van der Waals surface area (Å²) in [5, 5.41) is 3.67. The Hall–Kier alpha value is -1.98. The molecule has 2 aromatic heterocycles. The third-order valence-corrected chi connectivity index (χ3v) is 4.79. The molecule has 0 saturated carbocycles. The van der Waals surface area contributed by atoms with Crippen LogP contribution in [-0.2, 0) is 17.0 Å². The molecule has 0 aliphatic heterocycles. The normalized spacial score (nSPS) is 10.9. The van der Waals surface area contributed by atoms with E-state index in [-0.39, 0.29) is 5.91 Å². The average molecular weight is 360 g/mol. The third-order valence-electron chi connectivity index (χ3n) is 3.53. The molecule has 4 nitrogen and oxygen atoms in total. The molecule has 6 heteroatoms. The van der Waals surface area contributed by atoms with Crippen LogP contribution < -0.4 is 5.32 Å². The molecular weight excluding hydrogens is 342 g/mol. The molecular formula is C18H18ClN3OS. The number of carbonyl (C=O) groups is 1. The molecule has 24 heavy (non-hydrogen) atoms. The van der Waals surface area contributed by atoms with E-state index in [2.05, 4.69) is 10.3 Å². The van der Waals surface area contributed by atoms with Crippen LogP contribution in [0.1, 0.15) is 11.3 Å². The monoisotopic (exact) mass is 359 g/mol. The zero-order valence-electron chi connectivity index (χ0n) is 13.1. The quantitative estimate of drug-likeness (QED) is 0.701. The Morgan fingerprint density at radius 3 is 2.83 bits per heavy atom. The van der Waals surface area contributed by atoms with Crippen LogP contribution in [0.3, 0.4) is 0 Å². The van der Waals surface area contributed by atoms with Crippen molar-refractivity contribution in [2.24, 2.45) is 0 Å². The first kappa shape index (κ1) is 16.9. The van der Waals surface area contributed by atoms with Gasteiger partial charge in [-0.2, -0.15) is 0 Å². The highest BCUT2D eigenvalue weighted by atomic mass is 35.5. The number of pyridine rings is 1. The topological polar surface area (TPSA) is 46.4 Å². The summed E-state index contributed by atoms with van der Waals surface area (Å²) in [6, 6.07) is 13.6. The predicted octanol–water partition coefficient (Wildman–Crippen LogP) is 3.58. The molecule has 0 atom stereocenters. The summed E-state index contributed by atoms with van der Waals surface area (Å²) in [5.74, 6) is 1.31. The molecule has 0 aliphatic rings. The first-order valence-electron chi connectivity index (χ1n) is 7.72. The average Bonchev–Trinajstić information content (AvgIpc) is 2.99. The van der Waals surface area contributed by atoms with Crippen molar-refractivity contribution in [3.63, 3.8) is 0 Å². The molecule has 3 aromatic rings. The lowest BCUT2D eigenvalue weighted by Crippen LogP contribution is -2.27. The number of carbonyl (C=O) groups excluding carboxylic acids is 1. The van der Waals surface area contributed by atoms with E-state index in [0.717, 1.165) is 28.5 Å². The Labute approximate surface area is 150 Å². The zero-order valence-corrected chi connectivity index (χ0v) is 14.7. The minimum atomic E-state index is 0.0535. The van der Waals surface area contributed by atoms with Crippen LogP contribution in [0.2, 0.25) is 5.02 Å². The Morgan fingerprint density at radius 2 is 2.04 bits per heavy atom. The van der Waals surface area contributed by atoms with Crippen LogP contribution in [0, 0.1) is 0 Å². The van der Waals surface area contributed by atoms with Crippen molar-refractivity contribution in [3.05, 3.63) is 71.1 Å². The van der Waals surface area contributed by atoms with Gasteiger partial charge >= 0.3 is 0 Å². The number of halogens is 1. The number of benzene rings is 1. The minimum Gasteiger partial charge on any atom is -0.355 e. The van der Waals surface area contributed by atoms with Crippen LogP contribution in [0.5, 0.6) is 0 Å². The zero-order chi connectivity index (χ0) is 16.8. The maximum absolute atomic E-state index is 11.9. The van der Waals surface area contributed by atoms with E-state index in [1.165, 1.54) is 5.56 Å². The number of amides is 1. The lowest BCUT2D eigenvalue weighted by molar-refractivity contribution is -0.118. The van der Waals surface area contributed by atoms with Gasteiger partial charge in [-0.25, -0.2) is 4.98 Å². The van der Waals surface area contributed by atoms with Gasteiger partial charge in [0.25, 0.3) is 0 Å². The van der Waals surface area contributed by atoms with Crippen LogP contribution in [0.15, 0.2) is 54.9 Å². The second-order valence-corrected chi connectivity index (χ2v) is 6.84. The molecule has 1 aromatic carbocycles. The fourth-order valence-electron chi connectivity index (χ4n) is 2.33. The number of hydrogen-bond acceptors (Lipinski definition) is 3. The number of imidazole rings is 1. The third kappa shape index (κ3) is 4.76.